The highest BCUT2D eigenvalue weighted by Gasteiger charge is 2.46. The Morgan fingerprint density at radius 3 is 2.23 bits per heavy atom. The molecule has 0 heterocycles. The molecule has 1 aliphatic carbocycles. The number of nitrogens with one attached hydrogen (secondary N) is 1. The second kappa shape index (κ2) is 5.39. The predicted molar refractivity (Wildman–Crippen MR) is 80.7 cm³/mol. The van der Waals surface area contributed by atoms with Gasteiger partial charge in [0, 0.05) is 11.8 Å². The Labute approximate surface area is 129 Å². The summed E-state index contributed by atoms with van der Waals surface area (Å²) >= 11 is 0. The van der Waals surface area contributed by atoms with Crippen LogP contribution in [0.4, 0.5) is 0 Å². The van der Waals surface area contributed by atoms with Crippen LogP contribution in [-0.4, -0.2) is 37.2 Å². The number of carbonyl (C=O) groups excluding carboxylic acids is 1. The van der Waals surface area contributed by atoms with Crippen molar-refractivity contribution in [1.29, 1.82) is 0 Å². The number of carbonyl (C=O) groups is 2. The number of hydrogen-bond acceptors (Lipinski definition) is 4. The molecule has 1 fully saturated rings. The lowest BCUT2D eigenvalue weighted by Crippen LogP contribution is -2.59. The summed E-state index contributed by atoms with van der Waals surface area (Å²) < 4.78 is 23.4. The van der Waals surface area contributed by atoms with Gasteiger partial charge in [0.2, 0.25) is 0 Å². The summed E-state index contributed by atoms with van der Waals surface area (Å²) in [4.78, 5) is 23.8. The highest BCUT2D eigenvalue weighted by atomic mass is 32.2. The lowest BCUT2D eigenvalue weighted by atomic mass is 9.76. The quantitative estimate of drug-likeness (QED) is 0.872. The van der Waals surface area contributed by atoms with Crippen molar-refractivity contribution in [3.8, 4) is 0 Å². The third-order valence-electron chi connectivity index (χ3n) is 4.28. The first-order chi connectivity index (χ1) is 10.1. The van der Waals surface area contributed by atoms with Crippen LogP contribution in [0, 0.1) is 13.8 Å². The highest BCUT2D eigenvalue weighted by Crippen LogP contribution is 2.32. The maximum Gasteiger partial charge on any atom is 0.329 e. The molecular formula is C15H19NO5S. The van der Waals surface area contributed by atoms with Gasteiger partial charge in [-0.1, -0.05) is 0 Å². The van der Waals surface area contributed by atoms with E-state index in [0.717, 1.165) is 12.7 Å². The molecule has 2 N–H and O–H groups in total. The number of benzene rings is 1. The van der Waals surface area contributed by atoms with Crippen LogP contribution in [0.1, 0.15) is 40.7 Å². The summed E-state index contributed by atoms with van der Waals surface area (Å²) in [6.07, 6.45) is 2.59. The second-order valence-corrected chi connectivity index (χ2v) is 7.90. The van der Waals surface area contributed by atoms with Crippen LogP contribution in [-0.2, 0) is 14.6 Å². The van der Waals surface area contributed by atoms with Gasteiger partial charge in [-0.05, 0) is 56.4 Å². The van der Waals surface area contributed by atoms with Crippen LogP contribution in [0.3, 0.4) is 0 Å². The van der Waals surface area contributed by atoms with E-state index in [1.54, 1.807) is 13.8 Å². The number of carboxylic acids is 1. The molecule has 0 aliphatic heterocycles. The minimum Gasteiger partial charge on any atom is -0.480 e. The summed E-state index contributed by atoms with van der Waals surface area (Å²) in [5, 5.41) is 11.8. The summed E-state index contributed by atoms with van der Waals surface area (Å²) in [6.45, 7) is 3.43. The zero-order valence-corrected chi connectivity index (χ0v) is 13.6. The van der Waals surface area contributed by atoms with Crippen LogP contribution in [0.15, 0.2) is 17.0 Å². The Morgan fingerprint density at radius 2 is 1.82 bits per heavy atom. The molecular weight excluding hydrogens is 306 g/mol. The molecule has 1 saturated carbocycles. The van der Waals surface area contributed by atoms with Gasteiger partial charge in [-0.2, -0.15) is 0 Å². The van der Waals surface area contributed by atoms with Crippen LogP contribution in [0.2, 0.25) is 0 Å². The third-order valence-corrected chi connectivity index (χ3v) is 5.37. The minimum absolute atomic E-state index is 0.0544. The molecule has 1 amide bonds. The number of aryl methyl sites for hydroxylation is 1. The summed E-state index contributed by atoms with van der Waals surface area (Å²) in [6, 6.07) is 2.82. The van der Waals surface area contributed by atoms with Crippen molar-refractivity contribution in [3.63, 3.8) is 0 Å². The molecule has 120 valence electrons. The normalized spacial score (nSPS) is 16.7. The van der Waals surface area contributed by atoms with E-state index in [0.29, 0.717) is 24.0 Å². The molecule has 1 aliphatic rings. The average Bonchev–Trinajstić information content (AvgIpc) is 2.34. The Balaban J connectivity index is 2.42. The molecule has 0 unspecified atom stereocenters. The van der Waals surface area contributed by atoms with Crippen molar-refractivity contribution in [2.45, 2.75) is 43.5 Å². The highest BCUT2D eigenvalue weighted by molar-refractivity contribution is 7.90. The van der Waals surface area contributed by atoms with Crippen molar-refractivity contribution >= 4 is 21.7 Å². The molecule has 0 atom stereocenters. The fourth-order valence-corrected chi connectivity index (χ4v) is 3.21. The third kappa shape index (κ3) is 2.85. The summed E-state index contributed by atoms with van der Waals surface area (Å²) in [5.41, 5.74) is 0.294. The monoisotopic (exact) mass is 325 g/mol. The first-order valence-corrected chi connectivity index (χ1v) is 8.83. The van der Waals surface area contributed by atoms with Crippen LogP contribution in [0.25, 0.3) is 0 Å². The van der Waals surface area contributed by atoms with Gasteiger partial charge >= 0.3 is 5.97 Å². The standard InChI is InChI=1S/C15H19NO5S/c1-9-7-11(22(3,20)21)8-12(10(9)2)13(17)16-15(14(18)19)5-4-6-15/h7-8H,4-6H2,1-3H3,(H,16,17)(H,18,19). The zero-order chi connectivity index (χ0) is 16.7. The van der Waals surface area contributed by atoms with Crippen molar-refractivity contribution in [1.82, 2.24) is 5.32 Å². The molecule has 0 bridgehead atoms. The number of sulfone groups is 1. The van der Waals surface area contributed by atoms with Crippen molar-refractivity contribution < 1.29 is 23.1 Å². The molecule has 0 aromatic heterocycles. The maximum absolute atomic E-state index is 12.4. The van der Waals surface area contributed by atoms with Crippen LogP contribution >= 0.6 is 0 Å². The van der Waals surface area contributed by atoms with Crippen LogP contribution in [0.5, 0.6) is 0 Å². The molecule has 6 nitrogen and oxygen atoms in total. The lowest BCUT2D eigenvalue weighted by Gasteiger charge is -2.38. The van der Waals surface area contributed by atoms with E-state index in [1.807, 2.05) is 0 Å². The van der Waals surface area contributed by atoms with E-state index >= 15 is 0 Å². The Hall–Kier alpha value is -1.89. The SMILES string of the molecule is Cc1cc(S(C)(=O)=O)cc(C(=O)NC2(C(=O)O)CCC2)c1C. The number of aliphatic carboxylic acids is 1. The number of rotatable bonds is 4. The second-order valence-electron chi connectivity index (χ2n) is 5.88. The smallest absolute Gasteiger partial charge is 0.329 e. The van der Waals surface area contributed by atoms with Gasteiger partial charge in [0.05, 0.1) is 4.90 Å². The van der Waals surface area contributed by atoms with Gasteiger partial charge < -0.3 is 10.4 Å². The van der Waals surface area contributed by atoms with Gasteiger partial charge in [0.15, 0.2) is 9.84 Å². The summed E-state index contributed by atoms with van der Waals surface area (Å²) in [7, 11) is -3.45. The van der Waals surface area contributed by atoms with Crippen molar-refractivity contribution in [3.05, 3.63) is 28.8 Å². The topological polar surface area (TPSA) is 101 Å². The van der Waals surface area contributed by atoms with E-state index in [9.17, 15) is 23.1 Å². The first kappa shape index (κ1) is 16.5. The van der Waals surface area contributed by atoms with E-state index in [-0.39, 0.29) is 10.5 Å². The van der Waals surface area contributed by atoms with E-state index in [4.69, 9.17) is 0 Å². The van der Waals surface area contributed by atoms with E-state index in [2.05, 4.69) is 5.32 Å². The Bertz CT molecular complexity index is 747. The summed E-state index contributed by atoms with van der Waals surface area (Å²) in [5.74, 6) is -1.60. The molecule has 1 aromatic rings. The van der Waals surface area contributed by atoms with Gasteiger partial charge in [-0.25, -0.2) is 13.2 Å². The average molecular weight is 325 g/mol. The molecule has 22 heavy (non-hydrogen) atoms. The number of hydrogen-bond donors (Lipinski definition) is 2. The molecule has 0 spiro atoms. The van der Waals surface area contributed by atoms with Crippen LogP contribution < -0.4 is 5.32 Å². The van der Waals surface area contributed by atoms with Gasteiger partial charge in [-0.15, -0.1) is 0 Å². The Kier molecular flexibility index (Phi) is 4.04. The van der Waals surface area contributed by atoms with Crippen molar-refractivity contribution in [2.24, 2.45) is 0 Å². The predicted octanol–water partition coefficient (Wildman–Crippen LogP) is 1.44. The number of carboxylic acid groups (broad SMARTS) is 1. The lowest BCUT2D eigenvalue weighted by molar-refractivity contribution is -0.148. The van der Waals surface area contributed by atoms with Gasteiger partial charge in [0.25, 0.3) is 5.91 Å². The molecule has 0 saturated heterocycles. The molecule has 1 aromatic carbocycles. The molecule has 7 heteroatoms. The minimum atomic E-state index is -3.45. The van der Waals surface area contributed by atoms with E-state index in [1.165, 1.54) is 12.1 Å². The fraction of sp³-hybridized carbons (Fsp3) is 0.467. The molecule has 2 rings (SSSR count). The largest absolute Gasteiger partial charge is 0.480 e. The molecule has 0 radical (unpaired) electrons. The van der Waals surface area contributed by atoms with Gasteiger partial charge in [0.1, 0.15) is 5.54 Å². The fourth-order valence-electron chi connectivity index (χ4n) is 2.48. The Morgan fingerprint density at radius 1 is 1.23 bits per heavy atom. The zero-order valence-electron chi connectivity index (χ0n) is 12.8. The van der Waals surface area contributed by atoms with E-state index < -0.39 is 27.3 Å². The maximum atomic E-state index is 12.4. The van der Waals surface area contributed by atoms with Crippen molar-refractivity contribution in [2.75, 3.05) is 6.26 Å². The first-order valence-electron chi connectivity index (χ1n) is 6.94. The van der Waals surface area contributed by atoms with Gasteiger partial charge in [-0.3, -0.25) is 4.79 Å². The number of amides is 1.